The van der Waals surface area contributed by atoms with E-state index in [0.29, 0.717) is 11.4 Å². The molecule has 2 aromatic heterocycles. The first-order valence-electron chi connectivity index (χ1n) is 4.39. The minimum absolute atomic E-state index is 0.0337. The highest BCUT2D eigenvalue weighted by molar-refractivity contribution is 5.86. The molecule has 2 heterocycles. The monoisotopic (exact) mass is 206 g/mol. The predicted molar refractivity (Wildman–Crippen MR) is 53.4 cm³/mol. The molecule has 0 radical (unpaired) electrons. The number of nitrogens with zero attached hydrogens (tertiary/aromatic N) is 2. The summed E-state index contributed by atoms with van der Waals surface area (Å²) in [4.78, 5) is 14.7. The third kappa shape index (κ3) is 1.41. The number of hydrogen-bond acceptors (Lipinski definition) is 3. The van der Waals surface area contributed by atoms with Crippen LogP contribution >= 0.6 is 0 Å². The summed E-state index contributed by atoms with van der Waals surface area (Å²) >= 11 is 0. The summed E-state index contributed by atoms with van der Waals surface area (Å²) in [5.74, 6) is -0.325. The number of aromatic carboxylic acids is 1. The fourth-order valence-electron chi connectivity index (χ4n) is 1.49. The highest BCUT2D eigenvalue weighted by Crippen LogP contribution is 2.19. The van der Waals surface area contributed by atoms with Gasteiger partial charge in [-0.25, -0.2) is 9.78 Å². The summed E-state index contributed by atoms with van der Waals surface area (Å²) < 4.78 is 6.82. The van der Waals surface area contributed by atoms with E-state index in [0.717, 1.165) is 5.69 Å². The van der Waals surface area contributed by atoms with Crippen molar-refractivity contribution in [3.05, 3.63) is 29.7 Å². The van der Waals surface area contributed by atoms with Gasteiger partial charge in [-0.15, -0.1) is 0 Å². The molecule has 0 aliphatic rings. The Kier molecular flexibility index (Phi) is 2.07. The molecule has 2 aromatic rings. The lowest BCUT2D eigenvalue weighted by atomic mass is 10.3. The summed E-state index contributed by atoms with van der Waals surface area (Å²) in [5.41, 5.74) is 1.46. The number of pyridine rings is 1. The Morgan fingerprint density at radius 3 is 2.87 bits per heavy atom. The van der Waals surface area contributed by atoms with Crippen LogP contribution in [0.2, 0.25) is 0 Å². The highest BCUT2D eigenvalue weighted by atomic mass is 16.5. The molecule has 0 saturated heterocycles. The number of carbonyl (C=O) groups is 1. The van der Waals surface area contributed by atoms with Gasteiger partial charge in [0.05, 0.1) is 12.8 Å². The minimum atomic E-state index is -1.03. The molecule has 0 bridgehead atoms. The number of carboxylic acid groups (broad SMARTS) is 1. The fourth-order valence-corrected chi connectivity index (χ4v) is 1.49. The van der Waals surface area contributed by atoms with Gasteiger partial charge in [-0.1, -0.05) is 0 Å². The van der Waals surface area contributed by atoms with E-state index in [-0.39, 0.29) is 5.69 Å². The zero-order valence-electron chi connectivity index (χ0n) is 8.39. The smallest absolute Gasteiger partial charge is 0.356 e. The van der Waals surface area contributed by atoms with Crippen molar-refractivity contribution in [2.75, 3.05) is 7.11 Å². The van der Waals surface area contributed by atoms with E-state index in [1.807, 2.05) is 6.92 Å². The lowest BCUT2D eigenvalue weighted by molar-refractivity contribution is 0.0691. The maximum atomic E-state index is 10.7. The van der Waals surface area contributed by atoms with Gasteiger partial charge in [-0.2, -0.15) is 0 Å². The van der Waals surface area contributed by atoms with Crippen molar-refractivity contribution in [2.24, 2.45) is 0 Å². The molecule has 78 valence electrons. The standard InChI is InChI=1S/C10H10N2O3/c1-6-8(15-2)3-4-9-11-7(10(13)14)5-12(6)9/h3-5H,1-2H3,(H,13,14). The van der Waals surface area contributed by atoms with E-state index in [9.17, 15) is 4.79 Å². The van der Waals surface area contributed by atoms with Gasteiger partial charge in [0.2, 0.25) is 0 Å². The van der Waals surface area contributed by atoms with Crippen molar-refractivity contribution in [1.29, 1.82) is 0 Å². The second-order valence-corrected chi connectivity index (χ2v) is 3.15. The number of methoxy groups -OCH3 is 1. The molecule has 5 heteroatoms. The summed E-state index contributed by atoms with van der Waals surface area (Å²) in [6, 6.07) is 3.49. The first kappa shape index (κ1) is 9.51. The van der Waals surface area contributed by atoms with Crippen LogP contribution in [0.15, 0.2) is 18.3 Å². The van der Waals surface area contributed by atoms with Gasteiger partial charge in [-0.3, -0.25) is 4.40 Å². The number of carboxylic acids is 1. The second-order valence-electron chi connectivity index (χ2n) is 3.15. The van der Waals surface area contributed by atoms with Crippen molar-refractivity contribution in [3.8, 4) is 5.75 Å². The lowest BCUT2D eigenvalue weighted by Crippen LogP contribution is -1.95. The average Bonchev–Trinajstić information content (AvgIpc) is 2.63. The Balaban J connectivity index is 2.71. The molecule has 0 saturated carbocycles. The molecule has 15 heavy (non-hydrogen) atoms. The van der Waals surface area contributed by atoms with Crippen LogP contribution in [0.4, 0.5) is 0 Å². The fraction of sp³-hybridized carbons (Fsp3) is 0.200. The van der Waals surface area contributed by atoms with Gasteiger partial charge < -0.3 is 9.84 Å². The maximum Gasteiger partial charge on any atom is 0.356 e. The molecule has 0 unspecified atom stereocenters. The van der Waals surface area contributed by atoms with Gasteiger partial charge in [0, 0.05) is 6.20 Å². The zero-order chi connectivity index (χ0) is 11.0. The minimum Gasteiger partial charge on any atom is -0.495 e. The number of aromatic nitrogens is 2. The summed E-state index contributed by atoms with van der Waals surface area (Å²) in [5, 5.41) is 8.80. The van der Waals surface area contributed by atoms with Crippen LogP contribution in [-0.2, 0) is 0 Å². The molecular formula is C10H10N2O3. The summed E-state index contributed by atoms with van der Waals surface area (Å²) in [6.07, 6.45) is 1.48. The molecule has 0 atom stereocenters. The molecule has 1 N–H and O–H groups in total. The van der Waals surface area contributed by atoms with Crippen molar-refractivity contribution < 1.29 is 14.6 Å². The summed E-state index contributed by atoms with van der Waals surface area (Å²) in [6.45, 7) is 1.85. The zero-order valence-corrected chi connectivity index (χ0v) is 8.39. The maximum absolute atomic E-state index is 10.7. The second kappa shape index (κ2) is 3.27. The van der Waals surface area contributed by atoms with Crippen LogP contribution in [-0.4, -0.2) is 27.6 Å². The third-order valence-electron chi connectivity index (χ3n) is 2.27. The Labute approximate surface area is 85.9 Å². The molecule has 2 rings (SSSR count). The first-order valence-corrected chi connectivity index (χ1v) is 4.39. The first-order chi connectivity index (χ1) is 7.13. The average molecular weight is 206 g/mol. The van der Waals surface area contributed by atoms with Gasteiger partial charge in [0.1, 0.15) is 11.4 Å². The van der Waals surface area contributed by atoms with Crippen LogP contribution in [0.5, 0.6) is 5.75 Å². The van der Waals surface area contributed by atoms with Crippen LogP contribution in [0.1, 0.15) is 16.2 Å². The molecule has 0 aliphatic heterocycles. The Hall–Kier alpha value is -2.04. The Morgan fingerprint density at radius 2 is 2.27 bits per heavy atom. The van der Waals surface area contributed by atoms with E-state index >= 15 is 0 Å². The number of imidazole rings is 1. The van der Waals surface area contributed by atoms with Crippen LogP contribution < -0.4 is 4.74 Å². The molecule has 5 nitrogen and oxygen atoms in total. The number of ether oxygens (including phenoxy) is 1. The molecule has 0 aliphatic carbocycles. The van der Waals surface area contributed by atoms with E-state index in [2.05, 4.69) is 4.98 Å². The predicted octanol–water partition coefficient (Wildman–Crippen LogP) is 1.35. The summed E-state index contributed by atoms with van der Waals surface area (Å²) in [7, 11) is 1.57. The van der Waals surface area contributed by atoms with Crippen molar-refractivity contribution >= 4 is 11.6 Å². The molecule has 0 fully saturated rings. The lowest BCUT2D eigenvalue weighted by Gasteiger charge is -2.05. The van der Waals surface area contributed by atoms with Gasteiger partial charge in [0.15, 0.2) is 5.69 Å². The van der Waals surface area contributed by atoms with E-state index < -0.39 is 5.97 Å². The van der Waals surface area contributed by atoms with E-state index in [1.54, 1.807) is 23.6 Å². The van der Waals surface area contributed by atoms with Crippen molar-refractivity contribution in [1.82, 2.24) is 9.38 Å². The van der Waals surface area contributed by atoms with Crippen molar-refractivity contribution in [3.63, 3.8) is 0 Å². The number of fused-ring (bicyclic) bond motifs is 1. The number of rotatable bonds is 2. The Morgan fingerprint density at radius 1 is 1.53 bits per heavy atom. The van der Waals surface area contributed by atoms with Gasteiger partial charge in [0.25, 0.3) is 0 Å². The number of aryl methyl sites for hydroxylation is 1. The largest absolute Gasteiger partial charge is 0.495 e. The van der Waals surface area contributed by atoms with E-state index in [1.165, 1.54) is 6.20 Å². The van der Waals surface area contributed by atoms with Crippen LogP contribution in [0.3, 0.4) is 0 Å². The SMILES string of the molecule is COc1ccc2nc(C(=O)O)cn2c1C. The highest BCUT2D eigenvalue weighted by Gasteiger charge is 2.11. The molecule has 0 amide bonds. The normalized spacial score (nSPS) is 10.5. The number of hydrogen-bond donors (Lipinski definition) is 1. The molecule has 0 aromatic carbocycles. The van der Waals surface area contributed by atoms with E-state index in [4.69, 9.17) is 9.84 Å². The third-order valence-corrected chi connectivity index (χ3v) is 2.27. The molecule has 0 spiro atoms. The van der Waals surface area contributed by atoms with Crippen LogP contribution in [0.25, 0.3) is 5.65 Å². The quantitative estimate of drug-likeness (QED) is 0.805. The van der Waals surface area contributed by atoms with Gasteiger partial charge in [-0.05, 0) is 19.1 Å². The van der Waals surface area contributed by atoms with Crippen LogP contribution in [0, 0.1) is 6.92 Å². The van der Waals surface area contributed by atoms with Gasteiger partial charge >= 0.3 is 5.97 Å². The topological polar surface area (TPSA) is 63.8 Å². The van der Waals surface area contributed by atoms with Crippen molar-refractivity contribution in [2.45, 2.75) is 6.92 Å². The Bertz CT molecular complexity index is 531. The molecular weight excluding hydrogens is 196 g/mol.